The van der Waals surface area contributed by atoms with Gasteiger partial charge in [-0.1, -0.05) is 45.1 Å². The van der Waals surface area contributed by atoms with E-state index < -0.39 is 5.60 Å². The molecule has 37 heavy (non-hydrogen) atoms. The lowest BCUT2D eigenvalue weighted by molar-refractivity contribution is -0.109. The summed E-state index contributed by atoms with van der Waals surface area (Å²) in [4.78, 5) is 31.1. The van der Waals surface area contributed by atoms with Gasteiger partial charge in [0.2, 0.25) is 0 Å². The number of allylic oxidation sites excluding steroid dienone is 2. The van der Waals surface area contributed by atoms with E-state index in [1.54, 1.807) is 0 Å². The molecule has 0 radical (unpaired) electrons. The van der Waals surface area contributed by atoms with Gasteiger partial charge in [-0.05, 0) is 86.0 Å². The first kappa shape index (κ1) is 28.3. The second-order valence-corrected chi connectivity index (χ2v) is 12.6. The molecule has 0 spiro atoms. The lowest BCUT2D eigenvalue weighted by atomic mass is 9.73. The van der Waals surface area contributed by atoms with E-state index in [0.29, 0.717) is 24.2 Å². The van der Waals surface area contributed by atoms with Gasteiger partial charge in [0.05, 0.1) is 11.8 Å². The number of carbonyl (C=O) groups excluding carboxylic acids is 2. The molecule has 1 unspecified atom stereocenters. The Labute approximate surface area is 220 Å². The maximum absolute atomic E-state index is 13.0. The van der Waals surface area contributed by atoms with Gasteiger partial charge in [0, 0.05) is 17.7 Å². The molecule has 0 saturated heterocycles. The summed E-state index contributed by atoms with van der Waals surface area (Å²) in [6.45, 7) is 12.3. The highest BCUT2D eigenvalue weighted by atomic mass is 16.3. The highest BCUT2D eigenvalue weighted by Gasteiger charge is 2.30. The zero-order valence-electron chi connectivity index (χ0n) is 23.0. The molecule has 0 bridgehead atoms. The van der Waals surface area contributed by atoms with Gasteiger partial charge in [0.25, 0.3) is 5.91 Å². The van der Waals surface area contributed by atoms with Gasteiger partial charge in [0.1, 0.15) is 6.29 Å². The van der Waals surface area contributed by atoms with Crippen LogP contribution in [-0.4, -0.2) is 32.9 Å². The van der Waals surface area contributed by atoms with E-state index in [4.69, 9.17) is 5.26 Å². The molecule has 0 aliphatic heterocycles. The summed E-state index contributed by atoms with van der Waals surface area (Å²) in [5, 5.41) is 20.9. The zero-order valence-corrected chi connectivity index (χ0v) is 23.0. The number of nitrogens with one attached hydrogen (secondary N) is 3. The van der Waals surface area contributed by atoms with Crippen LogP contribution in [0.5, 0.6) is 0 Å². The Morgan fingerprint density at radius 3 is 2.59 bits per heavy atom. The van der Waals surface area contributed by atoms with Crippen molar-refractivity contribution in [3.8, 4) is 6.07 Å². The predicted octanol–water partition coefficient (Wildman–Crippen LogP) is 4.63. The first-order valence-corrected chi connectivity index (χ1v) is 13.0. The van der Waals surface area contributed by atoms with E-state index in [2.05, 4.69) is 61.2 Å². The fourth-order valence-electron chi connectivity index (χ4n) is 5.08. The summed E-state index contributed by atoms with van der Waals surface area (Å²) in [5.41, 5.74) is 3.45. The van der Waals surface area contributed by atoms with Gasteiger partial charge in [0.15, 0.2) is 11.5 Å². The molecule has 1 heterocycles. The molecule has 0 saturated carbocycles. The van der Waals surface area contributed by atoms with Crippen molar-refractivity contribution in [3.05, 3.63) is 53.1 Å². The number of hydrogen-bond acceptors (Lipinski definition) is 4. The smallest absolute Gasteiger partial charge is 0.328 e. The Hall–Kier alpha value is -3.24. The summed E-state index contributed by atoms with van der Waals surface area (Å²) in [7, 11) is 0. The minimum Gasteiger partial charge on any atom is -0.390 e. The number of rotatable bonds is 10. The number of benzene rings is 1. The molecule has 1 aromatic heterocycles. The van der Waals surface area contributed by atoms with Crippen molar-refractivity contribution in [2.24, 2.45) is 10.8 Å². The number of anilines is 1. The van der Waals surface area contributed by atoms with Crippen molar-refractivity contribution >= 4 is 23.5 Å². The summed E-state index contributed by atoms with van der Waals surface area (Å²) in [6.07, 6.45) is 9.31. The number of H-pyrrole nitrogens is 1. The minimum atomic E-state index is -0.869. The third-order valence-corrected chi connectivity index (χ3v) is 7.19. The molecule has 1 aliphatic carbocycles. The van der Waals surface area contributed by atoms with E-state index in [9.17, 15) is 14.7 Å². The first-order chi connectivity index (χ1) is 17.2. The molecule has 1 aromatic carbocycles. The van der Waals surface area contributed by atoms with Crippen LogP contribution in [0.3, 0.4) is 0 Å². The Morgan fingerprint density at radius 1 is 1.30 bits per heavy atom. The first-order valence-electron chi connectivity index (χ1n) is 13.0. The van der Waals surface area contributed by atoms with Crippen molar-refractivity contribution in [1.82, 2.24) is 9.97 Å². The third-order valence-electron chi connectivity index (χ3n) is 7.19. The van der Waals surface area contributed by atoms with Crippen LogP contribution in [-0.2, 0) is 4.79 Å². The Balaban J connectivity index is 2.03. The van der Waals surface area contributed by atoms with Gasteiger partial charge >= 0.3 is 6.07 Å². The van der Waals surface area contributed by atoms with Crippen LogP contribution in [0.2, 0.25) is 0 Å². The predicted molar refractivity (Wildman–Crippen MR) is 145 cm³/mol. The molecule has 1 atom stereocenters. The number of aromatic nitrogens is 2. The van der Waals surface area contributed by atoms with Crippen molar-refractivity contribution in [3.63, 3.8) is 0 Å². The van der Waals surface area contributed by atoms with Crippen molar-refractivity contribution in [2.75, 3.05) is 5.32 Å². The SMILES string of the molecule is CC(C)(O)CC(CC(C)(C)CC=O)c1ccc(NC(=O)c2ncc(C#[NH+])[nH]2)c(C2=CCC(C)(C)CC2)c1. The number of imidazole rings is 1. The fourth-order valence-corrected chi connectivity index (χ4v) is 5.08. The quantitative estimate of drug-likeness (QED) is 0.352. The van der Waals surface area contributed by atoms with Crippen LogP contribution in [0.1, 0.15) is 113 Å². The van der Waals surface area contributed by atoms with Crippen molar-refractivity contribution in [2.45, 2.75) is 91.6 Å². The summed E-state index contributed by atoms with van der Waals surface area (Å²) < 4.78 is 0. The van der Waals surface area contributed by atoms with E-state index in [0.717, 1.165) is 43.1 Å². The van der Waals surface area contributed by atoms with Gasteiger partial charge in [-0.2, -0.15) is 0 Å². The lowest BCUT2D eigenvalue weighted by Crippen LogP contribution is -2.26. The highest BCUT2D eigenvalue weighted by Crippen LogP contribution is 2.43. The number of aldehydes is 1. The van der Waals surface area contributed by atoms with Gasteiger partial charge in [-0.15, -0.1) is 0 Å². The Morgan fingerprint density at radius 2 is 2.03 bits per heavy atom. The van der Waals surface area contributed by atoms with Crippen LogP contribution in [0.4, 0.5) is 5.69 Å². The van der Waals surface area contributed by atoms with Gasteiger partial charge in [-0.3, -0.25) is 4.79 Å². The second-order valence-electron chi connectivity index (χ2n) is 12.6. The van der Waals surface area contributed by atoms with E-state index in [1.165, 1.54) is 11.8 Å². The maximum atomic E-state index is 13.0. The molecule has 7 heteroatoms. The fraction of sp³-hybridized carbons (Fsp3) is 0.533. The Bertz CT molecular complexity index is 1210. The third kappa shape index (κ3) is 7.87. The van der Waals surface area contributed by atoms with Gasteiger partial charge in [-0.25, -0.2) is 4.98 Å². The summed E-state index contributed by atoms with van der Waals surface area (Å²) in [5.74, 6) is -0.221. The molecule has 3 rings (SSSR count). The number of hydrogen-bond donors (Lipinski definition) is 4. The number of carbonyl (C=O) groups is 2. The van der Waals surface area contributed by atoms with Gasteiger partial charge < -0.3 is 20.2 Å². The standard InChI is InChI=1S/C30H40N4O3/c1-28(2)11-9-20(10-12-28)24-15-21(22(17-30(5,6)37)16-29(3,4)13-14-35)7-8-25(24)34-27(36)26-32-19-23(18-31)33-26/h7-9,14-15,19,22,37H,10-13,16-17H2,1-6H3,(H,32,33)(H,34,36)/p+1. The molecule has 198 valence electrons. The van der Waals surface area contributed by atoms with Crippen LogP contribution in [0.25, 0.3) is 5.57 Å². The highest BCUT2D eigenvalue weighted by molar-refractivity contribution is 6.03. The van der Waals surface area contributed by atoms with E-state index >= 15 is 0 Å². The second kappa shape index (κ2) is 11.0. The molecular formula is C30H41N4O3+. The van der Waals surface area contributed by atoms with Crippen LogP contribution in [0.15, 0.2) is 30.5 Å². The molecule has 1 amide bonds. The van der Waals surface area contributed by atoms with E-state index in [1.807, 2.05) is 26.0 Å². The topological polar surface area (TPSA) is 119 Å². The van der Waals surface area contributed by atoms with Crippen LogP contribution >= 0.6 is 0 Å². The van der Waals surface area contributed by atoms with Crippen molar-refractivity contribution < 1.29 is 20.0 Å². The average molecular weight is 506 g/mol. The molecule has 2 aromatic rings. The summed E-state index contributed by atoms with van der Waals surface area (Å²) in [6, 6.07) is 8.29. The Kier molecular flexibility index (Phi) is 8.44. The number of aliphatic hydroxyl groups is 1. The average Bonchev–Trinajstić information content (AvgIpc) is 3.27. The van der Waals surface area contributed by atoms with Crippen LogP contribution < -0.4 is 10.6 Å². The molecule has 7 nitrogen and oxygen atoms in total. The number of amides is 1. The lowest BCUT2D eigenvalue weighted by Gasteiger charge is -2.33. The largest absolute Gasteiger partial charge is 0.390 e. The maximum Gasteiger partial charge on any atom is 0.328 e. The molecule has 0 fully saturated rings. The molecule has 1 aliphatic rings. The minimum absolute atomic E-state index is 0.0369. The van der Waals surface area contributed by atoms with Crippen molar-refractivity contribution in [1.29, 1.82) is 0 Å². The zero-order chi connectivity index (χ0) is 27.4. The van der Waals surface area contributed by atoms with E-state index in [-0.39, 0.29) is 28.5 Å². The molecule has 4 N–H and O–H groups in total. The normalized spacial score (nSPS) is 16.4. The molecular weight excluding hydrogens is 464 g/mol. The number of nitrogens with zero attached hydrogens (tertiary/aromatic N) is 1. The summed E-state index contributed by atoms with van der Waals surface area (Å²) >= 11 is 0. The number of aromatic amines is 1. The monoisotopic (exact) mass is 505 g/mol. The van der Waals surface area contributed by atoms with Crippen LogP contribution in [0, 0.1) is 16.9 Å².